The van der Waals surface area contributed by atoms with Crippen LogP contribution in [0.2, 0.25) is 0 Å². The molecule has 1 N–H and O–H groups in total. The summed E-state index contributed by atoms with van der Waals surface area (Å²) in [5.74, 6) is -1.06. The van der Waals surface area contributed by atoms with E-state index in [4.69, 9.17) is 4.74 Å². The summed E-state index contributed by atoms with van der Waals surface area (Å²) in [4.78, 5) is 11.3. The molecule has 0 aromatic heterocycles. The van der Waals surface area contributed by atoms with Gasteiger partial charge in [-0.2, -0.15) is 13.2 Å². The molecule has 0 aliphatic carbocycles. The van der Waals surface area contributed by atoms with Crippen LogP contribution in [0.1, 0.15) is 18.1 Å². The van der Waals surface area contributed by atoms with Gasteiger partial charge >= 0.3 is 12.1 Å². The van der Waals surface area contributed by atoms with Gasteiger partial charge < -0.3 is 14.8 Å². The van der Waals surface area contributed by atoms with Crippen LogP contribution in [0, 0.1) is 5.82 Å². The Kier molecular flexibility index (Phi) is 6.43. The van der Waals surface area contributed by atoms with E-state index in [-0.39, 0.29) is 31.2 Å². The van der Waals surface area contributed by atoms with Crippen molar-refractivity contribution in [1.29, 1.82) is 0 Å². The lowest BCUT2D eigenvalue weighted by molar-refractivity contribution is -0.141. The number of halogens is 4. The first-order valence-corrected chi connectivity index (χ1v) is 7.77. The Labute approximate surface area is 147 Å². The fraction of sp³-hybridized carbons (Fsp3) is 0.278. The second kappa shape index (κ2) is 8.55. The highest BCUT2D eigenvalue weighted by Crippen LogP contribution is 2.37. The van der Waals surface area contributed by atoms with Crippen LogP contribution >= 0.6 is 0 Å². The van der Waals surface area contributed by atoms with Crippen molar-refractivity contribution < 1.29 is 31.8 Å². The minimum Gasteiger partial charge on any atom is -0.489 e. The summed E-state index contributed by atoms with van der Waals surface area (Å²) >= 11 is 0. The molecule has 26 heavy (non-hydrogen) atoms. The molecule has 0 fully saturated rings. The molecule has 2 aromatic carbocycles. The normalized spacial score (nSPS) is 11.1. The fourth-order valence-corrected chi connectivity index (χ4v) is 2.13. The van der Waals surface area contributed by atoms with Crippen molar-refractivity contribution in [3.8, 4) is 5.75 Å². The van der Waals surface area contributed by atoms with E-state index in [1.165, 1.54) is 36.4 Å². The maximum atomic E-state index is 13.3. The molecular formula is C18H17F4NO3. The number of hydrogen-bond acceptors (Lipinski definition) is 4. The summed E-state index contributed by atoms with van der Waals surface area (Å²) in [5, 5.41) is 2.42. The molecular weight excluding hydrogens is 354 g/mol. The van der Waals surface area contributed by atoms with Crippen molar-refractivity contribution in [2.24, 2.45) is 0 Å². The van der Waals surface area contributed by atoms with Gasteiger partial charge in [0.2, 0.25) is 0 Å². The highest BCUT2D eigenvalue weighted by Gasteiger charge is 2.34. The first-order valence-electron chi connectivity index (χ1n) is 7.77. The van der Waals surface area contributed by atoms with Crippen LogP contribution in [0.4, 0.5) is 23.2 Å². The lowest BCUT2D eigenvalue weighted by Crippen LogP contribution is -2.19. The molecule has 0 spiro atoms. The maximum absolute atomic E-state index is 13.3. The third-order valence-electron chi connectivity index (χ3n) is 3.34. The van der Waals surface area contributed by atoms with Crippen LogP contribution in [-0.2, 0) is 22.3 Å². The van der Waals surface area contributed by atoms with E-state index in [0.717, 1.165) is 6.07 Å². The van der Waals surface area contributed by atoms with Crippen LogP contribution in [0.25, 0.3) is 0 Å². The number of anilines is 1. The Balaban J connectivity index is 2.11. The predicted octanol–water partition coefficient (Wildman–Crippen LogP) is 4.40. The quantitative estimate of drug-likeness (QED) is 0.579. The maximum Gasteiger partial charge on any atom is 0.418 e. The lowest BCUT2D eigenvalue weighted by Gasteiger charge is -2.16. The Morgan fingerprint density at radius 2 is 1.81 bits per heavy atom. The van der Waals surface area contributed by atoms with Crippen molar-refractivity contribution in [3.05, 3.63) is 59.4 Å². The number of esters is 1. The zero-order chi connectivity index (χ0) is 19.2. The van der Waals surface area contributed by atoms with Crippen molar-refractivity contribution in [2.45, 2.75) is 19.7 Å². The van der Waals surface area contributed by atoms with E-state index < -0.39 is 23.5 Å². The topological polar surface area (TPSA) is 47.6 Å². The van der Waals surface area contributed by atoms with E-state index in [1.54, 1.807) is 6.92 Å². The number of nitrogens with one attached hydrogen (secondary N) is 1. The number of alkyl halides is 3. The third-order valence-corrected chi connectivity index (χ3v) is 3.34. The molecule has 0 saturated heterocycles. The molecule has 0 amide bonds. The number of carbonyl (C=O) groups is 1. The Hall–Kier alpha value is -2.77. The Morgan fingerprint density at radius 3 is 2.42 bits per heavy atom. The molecule has 2 rings (SSSR count). The summed E-state index contributed by atoms with van der Waals surface area (Å²) in [6, 6.07) is 8.82. The van der Waals surface area contributed by atoms with E-state index in [0.29, 0.717) is 5.56 Å². The van der Waals surface area contributed by atoms with Crippen LogP contribution in [0.3, 0.4) is 0 Å². The molecule has 0 aliphatic rings. The van der Waals surface area contributed by atoms with E-state index in [1.807, 2.05) is 0 Å². The molecule has 0 heterocycles. The van der Waals surface area contributed by atoms with Gasteiger partial charge in [0, 0.05) is 5.69 Å². The number of benzene rings is 2. The van der Waals surface area contributed by atoms with Crippen LogP contribution in [-0.4, -0.2) is 19.1 Å². The van der Waals surface area contributed by atoms with Gasteiger partial charge in [-0.05, 0) is 42.8 Å². The molecule has 4 nitrogen and oxygen atoms in total. The standard InChI is InChI=1S/C18H17F4NO3/c1-2-25-17(24)10-23-16-8-7-14(9-15(16)18(20,21)22)26-11-12-3-5-13(19)6-4-12/h3-9,23H,2,10-11H2,1H3. The second-order valence-electron chi connectivity index (χ2n) is 5.28. The van der Waals surface area contributed by atoms with Gasteiger partial charge in [-0.1, -0.05) is 12.1 Å². The SMILES string of the molecule is CCOC(=O)CNc1ccc(OCc2ccc(F)cc2)cc1C(F)(F)F. The smallest absolute Gasteiger partial charge is 0.418 e. The average molecular weight is 371 g/mol. The zero-order valence-electron chi connectivity index (χ0n) is 13.9. The predicted molar refractivity (Wildman–Crippen MR) is 87.3 cm³/mol. The first-order chi connectivity index (χ1) is 12.3. The summed E-state index contributed by atoms with van der Waals surface area (Å²) in [5.41, 5.74) is -0.595. The van der Waals surface area contributed by atoms with Gasteiger partial charge in [-0.3, -0.25) is 4.79 Å². The van der Waals surface area contributed by atoms with E-state index in [2.05, 4.69) is 10.1 Å². The monoisotopic (exact) mass is 371 g/mol. The van der Waals surface area contributed by atoms with E-state index >= 15 is 0 Å². The summed E-state index contributed by atoms with van der Waals surface area (Å²) < 4.78 is 62.6. The number of ether oxygens (including phenoxy) is 2. The molecule has 0 unspecified atom stereocenters. The third kappa shape index (κ3) is 5.65. The van der Waals surface area contributed by atoms with Gasteiger partial charge in [-0.25, -0.2) is 4.39 Å². The molecule has 0 saturated carbocycles. The van der Waals surface area contributed by atoms with Gasteiger partial charge in [0.1, 0.15) is 24.7 Å². The molecule has 140 valence electrons. The minimum atomic E-state index is -4.63. The molecule has 8 heteroatoms. The van der Waals surface area contributed by atoms with Gasteiger partial charge in [0.05, 0.1) is 12.2 Å². The van der Waals surface area contributed by atoms with Crippen LogP contribution in [0.5, 0.6) is 5.75 Å². The second-order valence-corrected chi connectivity index (χ2v) is 5.28. The van der Waals surface area contributed by atoms with Crippen molar-refractivity contribution in [2.75, 3.05) is 18.5 Å². The molecule has 0 radical (unpaired) electrons. The van der Waals surface area contributed by atoms with Gasteiger partial charge in [-0.15, -0.1) is 0 Å². The molecule has 0 bridgehead atoms. The van der Waals surface area contributed by atoms with Crippen molar-refractivity contribution in [1.82, 2.24) is 0 Å². The lowest BCUT2D eigenvalue weighted by atomic mass is 10.1. The highest BCUT2D eigenvalue weighted by molar-refractivity contribution is 5.75. The number of hydrogen-bond donors (Lipinski definition) is 1. The number of rotatable bonds is 7. The van der Waals surface area contributed by atoms with Crippen LogP contribution in [0.15, 0.2) is 42.5 Å². The van der Waals surface area contributed by atoms with Crippen molar-refractivity contribution >= 4 is 11.7 Å². The first kappa shape index (κ1) is 19.6. The highest BCUT2D eigenvalue weighted by atomic mass is 19.4. The van der Waals surface area contributed by atoms with Crippen molar-refractivity contribution in [3.63, 3.8) is 0 Å². The molecule has 2 aromatic rings. The summed E-state index contributed by atoms with van der Waals surface area (Å²) in [7, 11) is 0. The van der Waals surface area contributed by atoms with Crippen LogP contribution < -0.4 is 10.1 Å². The molecule has 0 atom stereocenters. The zero-order valence-corrected chi connectivity index (χ0v) is 13.9. The average Bonchev–Trinajstić information content (AvgIpc) is 2.59. The van der Waals surface area contributed by atoms with E-state index in [9.17, 15) is 22.4 Å². The largest absolute Gasteiger partial charge is 0.489 e. The summed E-state index contributed by atoms with van der Waals surface area (Å²) in [6.07, 6.45) is -4.63. The fourth-order valence-electron chi connectivity index (χ4n) is 2.13. The summed E-state index contributed by atoms with van der Waals surface area (Å²) in [6.45, 7) is 1.36. The van der Waals surface area contributed by atoms with Gasteiger partial charge in [0.25, 0.3) is 0 Å². The Morgan fingerprint density at radius 1 is 1.12 bits per heavy atom. The number of carbonyl (C=O) groups excluding carboxylic acids is 1. The minimum absolute atomic E-state index is 0.00309. The Bertz CT molecular complexity index is 745. The van der Waals surface area contributed by atoms with Gasteiger partial charge in [0.15, 0.2) is 0 Å². The molecule has 0 aliphatic heterocycles.